The van der Waals surface area contributed by atoms with Gasteiger partial charge in [0.15, 0.2) is 17.3 Å². The second kappa shape index (κ2) is 9.57. The van der Waals surface area contributed by atoms with Gasteiger partial charge in [0.25, 0.3) is 0 Å². The molecule has 3 aromatic heterocycles. The molecule has 2 fully saturated rings. The first-order chi connectivity index (χ1) is 16.5. The summed E-state index contributed by atoms with van der Waals surface area (Å²) in [6.07, 6.45) is 6.26. The van der Waals surface area contributed by atoms with E-state index in [0.29, 0.717) is 55.1 Å². The van der Waals surface area contributed by atoms with E-state index in [-0.39, 0.29) is 23.8 Å². The molecule has 2 atom stereocenters. The Hall–Kier alpha value is -3.21. The maximum Gasteiger partial charge on any atom is 0.317 e. The molecular formula is C23H27F2N7O2. The Morgan fingerprint density at radius 2 is 2.03 bits per heavy atom. The van der Waals surface area contributed by atoms with Gasteiger partial charge in [-0.2, -0.15) is 5.10 Å². The van der Waals surface area contributed by atoms with Crippen LogP contribution in [0.3, 0.4) is 0 Å². The molecule has 2 amide bonds. The number of fused-ring (bicyclic) bond motifs is 1. The van der Waals surface area contributed by atoms with Crippen LogP contribution < -0.4 is 5.32 Å². The monoisotopic (exact) mass is 471 g/mol. The van der Waals surface area contributed by atoms with E-state index in [1.165, 1.54) is 10.7 Å². The van der Waals surface area contributed by atoms with E-state index in [4.69, 9.17) is 4.74 Å². The fourth-order valence-electron chi connectivity index (χ4n) is 4.85. The van der Waals surface area contributed by atoms with Gasteiger partial charge >= 0.3 is 6.03 Å². The lowest BCUT2D eigenvalue weighted by molar-refractivity contribution is 0.0518. The molecule has 180 valence electrons. The number of carbonyl (C=O) groups is 1. The molecule has 2 aliphatic rings. The standard InChI is InChI=1S/C23H27F2N7O2/c1-31-22-17(11-15(24)12-27-22)20(30-31)21-26-13-18(25)19(29-21)10-14-3-2-4-16(9-14)28-23(33)32-5-7-34-8-6-32/h11-14,16H,2-10H2,1H3,(H,28,33)/t14?,16-/m1/s1. The number of ether oxygens (including phenoxy) is 1. The van der Waals surface area contributed by atoms with Crippen molar-refractivity contribution in [2.24, 2.45) is 13.0 Å². The fourth-order valence-corrected chi connectivity index (χ4v) is 4.85. The van der Waals surface area contributed by atoms with Gasteiger partial charge in [0, 0.05) is 26.2 Å². The second-order valence-corrected chi connectivity index (χ2v) is 8.97. The van der Waals surface area contributed by atoms with Gasteiger partial charge in [0.1, 0.15) is 11.5 Å². The number of hydrogen-bond donors (Lipinski definition) is 1. The third-order valence-electron chi connectivity index (χ3n) is 6.56. The quantitative estimate of drug-likeness (QED) is 0.629. The molecule has 11 heteroatoms. The lowest BCUT2D eigenvalue weighted by Gasteiger charge is -2.33. The summed E-state index contributed by atoms with van der Waals surface area (Å²) in [5.74, 6) is -0.549. The zero-order chi connectivity index (χ0) is 23.7. The minimum atomic E-state index is -0.489. The highest BCUT2D eigenvalue weighted by atomic mass is 19.1. The predicted octanol–water partition coefficient (Wildman–Crippen LogP) is 2.85. The Balaban J connectivity index is 1.31. The SMILES string of the molecule is Cn1nc(-c2ncc(F)c(CC3CCC[C@@H](NC(=O)N4CCOCC4)C3)n2)c2cc(F)cnc21. The van der Waals surface area contributed by atoms with E-state index in [1.54, 1.807) is 11.9 Å². The third kappa shape index (κ3) is 4.70. The molecule has 1 unspecified atom stereocenters. The van der Waals surface area contributed by atoms with Crippen molar-refractivity contribution in [3.8, 4) is 11.5 Å². The first kappa shape index (κ1) is 22.6. The van der Waals surface area contributed by atoms with Crippen LogP contribution in [0.5, 0.6) is 0 Å². The molecule has 1 aliphatic carbocycles. The molecule has 4 heterocycles. The highest BCUT2D eigenvalue weighted by Gasteiger charge is 2.27. The summed E-state index contributed by atoms with van der Waals surface area (Å²) in [6, 6.07) is 1.32. The fraction of sp³-hybridized carbons (Fsp3) is 0.522. The van der Waals surface area contributed by atoms with Crippen molar-refractivity contribution in [3.63, 3.8) is 0 Å². The molecule has 9 nitrogen and oxygen atoms in total. The van der Waals surface area contributed by atoms with E-state index in [1.807, 2.05) is 0 Å². The molecule has 0 bridgehead atoms. The van der Waals surface area contributed by atoms with E-state index in [9.17, 15) is 13.6 Å². The second-order valence-electron chi connectivity index (χ2n) is 8.97. The maximum atomic E-state index is 14.7. The van der Waals surface area contributed by atoms with Gasteiger partial charge in [0.05, 0.1) is 36.7 Å². The minimum absolute atomic E-state index is 0.0484. The summed E-state index contributed by atoms with van der Waals surface area (Å²) >= 11 is 0. The number of hydrogen-bond acceptors (Lipinski definition) is 6. The van der Waals surface area contributed by atoms with Gasteiger partial charge in [-0.3, -0.25) is 0 Å². The molecule has 1 saturated heterocycles. The maximum absolute atomic E-state index is 14.7. The highest BCUT2D eigenvalue weighted by Crippen LogP contribution is 2.29. The zero-order valence-corrected chi connectivity index (χ0v) is 19.0. The lowest BCUT2D eigenvalue weighted by Crippen LogP contribution is -2.50. The van der Waals surface area contributed by atoms with Crippen LogP contribution in [-0.4, -0.2) is 68.0 Å². The molecule has 0 spiro atoms. The van der Waals surface area contributed by atoms with Crippen molar-refractivity contribution < 1.29 is 18.3 Å². The van der Waals surface area contributed by atoms with Crippen molar-refractivity contribution in [3.05, 3.63) is 35.8 Å². The highest BCUT2D eigenvalue weighted by molar-refractivity contribution is 5.89. The number of aryl methyl sites for hydroxylation is 1. The van der Waals surface area contributed by atoms with Crippen LogP contribution in [0.1, 0.15) is 31.4 Å². The Kier molecular flexibility index (Phi) is 6.36. The average molecular weight is 472 g/mol. The predicted molar refractivity (Wildman–Crippen MR) is 120 cm³/mol. The van der Waals surface area contributed by atoms with E-state index in [2.05, 4.69) is 25.4 Å². The van der Waals surface area contributed by atoms with Crippen LogP contribution in [-0.2, 0) is 18.2 Å². The number of pyridine rings is 1. The van der Waals surface area contributed by atoms with E-state index < -0.39 is 11.6 Å². The minimum Gasteiger partial charge on any atom is -0.378 e. The number of nitrogens with zero attached hydrogens (tertiary/aromatic N) is 6. The summed E-state index contributed by atoms with van der Waals surface area (Å²) < 4.78 is 35.3. The Morgan fingerprint density at radius 3 is 2.85 bits per heavy atom. The van der Waals surface area contributed by atoms with Crippen LogP contribution >= 0.6 is 0 Å². The Labute approximate surface area is 195 Å². The molecule has 1 aliphatic heterocycles. The number of amides is 2. The number of morpholine rings is 1. The summed E-state index contributed by atoms with van der Waals surface area (Å²) in [7, 11) is 1.70. The van der Waals surface area contributed by atoms with Gasteiger partial charge in [0.2, 0.25) is 0 Å². The van der Waals surface area contributed by atoms with Gasteiger partial charge in [-0.1, -0.05) is 6.42 Å². The van der Waals surface area contributed by atoms with Crippen LogP contribution in [0.4, 0.5) is 13.6 Å². The zero-order valence-electron chi connectivity index (χ0n) is 19.0. The van der Waals surface area contributed by atoms with Crippen LogP contribution in [0.25, 0.3) is 22.6 Å². The average Bonchev–Trinajstić information content (AvgIpc) is 3.16. The van der Waals surface area contributed by atoms with Crippen molar-refractivity contribution in [1.82, 2.24) is 34.9 Å². The number of rotatable bonds is 4. The van der Waals surface area contributed by atoms with Gasteiger partial charge < -0.3 is 15.0 Å². The molecule has 3 aromatic rings. The third-order valence-corrected chi connectivity index (χ3v) is 6.56. The Morgan fingerprint density at radius 1 is 1.21 bits per heavy atom. The van der Waals surface area contributed by atoms with Crippen molar-refractivity contribution in [1.29, 1.82) is 0 Å². The van der Waals surface area contributed by atoms with Crippen LogP contribution in [0.15, 0.2) is 18.5 Å². The van der Waals surface area contributed by atoms with Crippen molar-refractivity contribution >= 4 is 17.1 Å². The molecule has 1 saturated carbocycles. The smallest absolute Gasteiger partial charge is 0.317 e. The van der Waals surface area contributed by atoms with Crippen LogP contribution in [0, 0.1) is 17.6 Å². The Bertz CT molecular complexity index is 1200. The van der Waals surface area contributed by atoms with E-state index in [0.717, 1.165) is 38.1 Å². The molecule has 5 rings (SSSR count). The molecule has 0 radical (unpaired) electrons. The number of carbonyl (C=O) groups excluding carboxylic acids is 1. The van der Waals surface area contributed by atoms with Gasteiger partial charge in [-0.05, 0) is 37.7 Å². The molecule has 1 N–H and O–H groups in total. The molecule has 0 aromatic carbocycles. The number of nitrogens with one attached hydrogen (secondary N) is 1. The van der Waals surface area contributed by atoms with Crippen molar-refractivity contribution in [2.45, 2.75) is 38.1 Å². The van der Waals surface area contributed by atoms with Gasteiger partial charge in [-0.25, -0.2) is 33.2 Å². The number of urea groups is 1. The number of halogens is 2. The molecular weight excluding hydrogens is 444 g/mol. The summed E-state index contributed by atoms with van der Waals surface area (Å²) in [5, 5.41) is 8.00. The normalized spacial score (nSPS) is 21.1. The van der Waals surface area contributed by atoms with Crippen molar-refractivity contribution in [2.75, 3.05) is 26.3 Å². The van der Waals surface area contributed by atoms with E-state index >= 15 is 0 Å². The van der Waals surface area contributed by atoms with Crippen LogP contribution in [0.2, 0.25) is 0 Å². The largest absolute Gasteiger partial charge is 0.378 e. The first-order valence-electron chi connectivity index (χ1n) is 11.6. The number of aromatic nitrogens is 5. The topological polar surface area (TPSA) is 98.1 Å². The summed E-state index contributed by atoms with van der Waals surface area (Å²) in [5.41, 5.74) is 1.17. The summed E-state index contributed by atoms with van der Waals surface area (Å²) in [4.78, 5) is 27.0. The first-order valence-corrected chi connectivity index (χ1v) is 11.6. The summed E-state index contributed by atoms with van der Waals surface area (Å²) in [6.45, 7) is 2.31. The van der Waals surface area contributed by atoms with Gasteiger partial charge in [-0.15, -0.1) is 0 Å². The molecule has 34 heavy (non-hydrogen) atoms. The lowest BCUT2D eigenvalue weighted by atomic mass is 9.83.